The lowest BCUT2D eigenvalue weighted by atomic mass is 10.0. The van der Waals surface area contributed by atoms with E-state index in [1.165, 1.54) is 0 Å². The lowest BCUT2D eigenvalue weighted by Crippen LogP contribution is -2.47. The molecule has 0 amide bonds. The fourth-order valence-electron chi connectivity index (χ4n) is 3.05. The molecule has 0 aromatic heterocycles. The van der Waals surface area contributed by atoms with Crippen molar-refractivity contribution in [1.29, 1.82) is 0 Å². The first kappa shape index (κ1) is 17.7. The van der Waals surface area contributed by atoms with E-state index in [0.29, 0.717) is 0 Å². The van der Waals surface area contributed by atoms with Crippen molar-refractivity contribution in [2.24, 2.45) is 0 Å². The van der Waals surface area contributed by atoms with Gasteiger partial charge in [-0.3, -0.25) is 14.6 Å². The van der Waals surface area contributed by atoms with Gasteiger partial charge < -0.3 is 15.2 Å². The van der Waals surface area contributed by atoms with E-state index < -0.39 is 5.97 Å². The van der Waals surface area contributed by atoms with Crippen LogP contribution in [0.1, 0.15) is 17.2 Å². The first-order valence-electron chi connectivity index (χ1n) is 8.01. The molecule has 1 aromatic rings. The number of rotatable bonds is 7. The molecule has 128 valence electrons. The highest BCUT2D eigenvalue weighted by Gasteiger charge is 2.25. The summed E-state index contributed by atoms with van der Waals surface area (Å²) in [6, 6.07) is 6.06. The molecule has 0 spiro atoms. The number of hydrogen-bond acceptors (Lipinski definition) is 5. The molecule has 0 saturated carbocycles. The second-order valence-electron chi connectivity index (χ2n) is 6.12. The Morgan fingerprint density at radius 1 is 1.43 bits per heavy atom. The Bertz CT molecular complexity index is 530. The lowest BCUT2D eigenvalue weighted by Gasteiger charge is -2.35. The van der Waals surface area contributed by atoms with E-state index in [4.69, 9.17) is 4.74 Å². The number of piperazine rings is 1. The molecule has 1 heterocycles. The van der Waals surface area contributed by atoms with Crippen LogP contribution in [0.25, 0.3) is 0 Å². The summed E-state index contributed by atoms with van der Waals surface area (Å²) in [5, 5.41) is 12.5. The molecule has 1 unspecified atom stereocenters. The Morgan fingerprint density at radius 3 is 2.74 bits per heavy atom. The summed E-state index contributed by atoms with van der Waals surface area (Å²) in [4.78, 5) is 15.4. The van der Waals surface area contributed by atoms with Gasteiger partial charge in [0.05, 0.1) is 19.7 Å². The third-order valence-electron chi connectivity index (χ3n) is 4.30. The monoisotopic (exact) mass is 321 g/mol. The van der Waals surface area contributed by atoms with Gasteiger partial charge in [0.15, 0.2) is 0 Å². The fraction of sp³-hybridized carbons (Fsp3) is 0.588. The molecule has 2 N–H and O–H groups in total. The third kappa shape index (κ3) is 4.92. The van der Waals surface area contributed by atoms with Gasteiger partial charge in [-0.25, -0.2) is 0 Å². The Hall–Kier alpha value is -1.63. The predicted octanol–water partition coefficient (Wildman–Crippen LogP) is 0.966. The molecule has 1 saturated heterocycles. The zero-order valence-electron chi connectivity index (χ0n) is 14.2. The highest BCUT2D eigenvalue weighted by molar-refractivity contribution is 5.69. The Balaban J connectivity index is 2.27. The molecule has 0 radical (unpaired) electrons. The fourth-order valence-corrected chi connectivity index (χ4v) is 3.05. The minimum Gasteiger partial charge on any atom is -0.496 e. The molecule has 0 aliphatic carbocycles. The maximum atomic E-state index is 11.2. The Labute approximate surface area is 138 Å². The number of aryl methyl sites for hydroxylation is 1. The summed E-state index contributed by atoms with van der Waals surface area (Å²) >= 11 is 0. The van der Waals surface area contributed by atoms with Crippen LogP contribution in [-0.2, 0) is 4.79 Å². The van der Waals surface area contributed by atoms with E-state index in [1.54, 1.807) is 7.11 Å². The van der Waals surface area contributed by atoms with Crippen molar-refractivity contribution in [3.05, 3.63) is 29.3 Å². The zero-order valence-corrected chi connectivity index (χ0v) is 14.2. The van der Waals surface area contributed by atoms with Gasteiger partial charge in [0.2, 0.25) is 0 Å². The van der Waals surface area contributed by atoms with E-state index in [1.807, 2.05) is 31.0 Å². The van der Waals surface area contributed by atoms with Gasteiger partial charge in [-0.05, 0) is 20.0 Å². The maximum Gasteiger partial charge on any atom is 0.317 e. The second-order valence-corrected chi connectivity index (χ2v) is 6.12. The number of nitrogens with one attached hydrogen (secondary N) is 1. The van der Waals surface area contributed by atoms with E-state index >= 15 is 0 Å². The molecule has 6 heteroatoms. The van der Waals surface area contributed by atoms with E-state index in [2.05, 4.69) is 16.3 Å². The highest BCUT2D eigenvalue weighted by atomic mass is 16.5. The van der Waals surface area contributed by atoms with Gasteiger partial charge >= 0.3 is 5.97 Å². The average molecular weight is 321 g/mol. The molecule has 2 rings (SSSR count). The first-order valence-corrected chi connectivity index (χ1v) is 8.01. The van der Waals surface area contributed by atoms with Gasteiger partial charge in [0.1, 0.15) is 5.75 Å². The van der Waals surface area contributed by atoms with E-state index in [-0.39, 0.29) is 12.6 Å². The Morgan fingerprint density at radius 2 is 2.13 bits per heavy atom. The van der Waals surface area contributed by atoms with Crippen LogP contribution in [0.2, 0.25) is 0 Å². The quantitative estimate of drug-likeness (QED) is 0.780. The summed E-state index contributed by atoms with van der Waals surface area (Å²) < 4.78 is 5.52. The summed E-state index contributed by atoms with van der Waals surface area (Å²) in [6.45, 7) is 6.75. The molecule has 1 aliphatic heterocycles. The average Bonchev–Trinajstić information content (AvgIpc) is 2.53. The molecule has 1 aliphatic rings. The smallest absolute Gasteiger partial charge is 0.317 e. The van der Waals surface area contributed by atoms with Gasteiger partial charge in [0.25, 0.3) is 0 Å². The van der Waals surface area contributed by atoms with Crippen LogP contribution >= 0.6 is 0 Å². The van der Waals surface area contributed by atoms with E-state index in [9.17, 15) is 9.90 Å². The minimum atomic E-state index is -0.815. The van der Waals surface area contributed by atoms with Crippen LogP contribution in [-0.4, -0.2) is 74.3 Å². The SMILES string of the molecule is COc1ccc(C)cc1C(CN1CCNCC1)N(C)CC(=O)O. The summed E-state index contributed by atoms with van der Waals surface area (Å²) in [5.41, 5.74) is 2.20. The standard InChI is InChI=1S/C17H27N3O3/c1-13-4-5-16(23-3)14(10-13)15(19(2)12-17(21)22)11-20-8-6-18-7-9-20/h4-5,10,15,18H,6-9,11-12H2,1-3H3,(H,21,22). The number of ether oxygens (including phenoxy) is 1. The first-order chi connectivity index (χ1) is 11.0. The number of hydrogen-bond donors (Lipinski definition) is 2. The molecule has 0 bridgehead atoms. The van der Waals surface area contributed by atoms with Crippen molar-refractivity contribution in [2.75, 3.05) is 53.4 Å². The van der Waals surface area contributed by atoms with Crippen LogP contribution in [0.3, 0.4) is 0 Å². The summed E-state index contributed by atoms with van der Waals surface area (Å²) in [6.07, 6.45) is 0. The van der Waals surface area contributed by atoms with Gasteiger partial charge in [0, 0.05) is 38.3 Å². The number of carbonyl (C=O) groups is 1. The van der Waals surface area contributed by atoms with Gasteiger partial charge in [-0.1, -0.05) is 17.7 Å². The number of aliphatic carboxylic acids is 1. The van der Waals surface area contributed by atoms with Crippen molar-refractivity contribution in [2.45, 2.75) is 13.0 Å². The number of likely N-dealkylation sites (N-methyl/N-ethyl adjacent to an activating group) is 1. The molecule has 1 aromatic carbocycles. The topological polar surface area (TPSA) is 65.0 Å². The number of carboxylic acid groups (broad SMARTS) is 1. The second kappa shape index (κ2) is 8.29. The lowest BCUT2D eigenvalue weighted by molar-refractivity contribution is -0.138. The summed E-state index contributed by atoms with van der Waals surface area (Å²) in [7, 11) is 3.52. The molecule has 1 atom stereocenters. The normalized spacial score (nSPS) is 17.2. The maximum absolute atomic E-state index is 11.2. The molecule has 23 heavy (non-hydrogen) atoms. The van der Waals surface area contributed by atoms with E-state index in [0.717, 1.165) is 49.6 Å². The molecular formula is C17H27N3O3. The zero-order chi connectivity index (χ0) is 16.8. The number of nitrogens with zero attached hydrogens (tertiary/aromatic N) is 2. The van der Waals surface area contributed by atoms with Crippen molar-refractivity contribution in [1.82, 2.24) is 15.1 Å². The van der Waals surface area contributed by atoms with Crippen LogP contribution in [0.5, 0.6) is 5.75 Å². The highest BCUT2D eigenvalue weighted by Crippen LogP contribution is 2.30. The summed E-state index contributed by atoms with van der Waals surface area (Å²) in [5.74, 6) is -0.00240. The molecule has 1 fully saturated rings. The third-order valence-corrected chi connectivity index (χ3v) is 4.30. The van der Waals surface area contributed by atoms with Gasteiger partial charge in [-0.15, -0.1) is 0 Å². The molecule has 6 nitrogen and oxygen atoms in total. The van der Waals surface area contributed by atoms with Crippen molar-refractivity contribution in [3.63, 3.8) is 0 Å². The minimum absolute atomic E-state index is 0.00779. The van der Waals surface area contributed by atoms with Crippen LogP contribution in [0.15, 0.2) is 18.2 Å². The Kier molecular flexibility index (Phi) is 6.38. The van der Waals surface area contributed by atoms with Crippen LogP contribution < -0.4 is 10.1 Å². The van der Waals surface area contributed by atoms with Crippen molar-refractivity contribution in [3.8, 4) is 5.75 Å². The van der Waals surface area contributed by atoms with Crippen molar-refractivity contribution >= 4 is 5.97 Å². The predicted molar refractivity (Wildman–Crippen MR) is 90.0 cm³/mol. The number of methoxy groups -OCH3 is 1. The molecular weight excluding hydrogens is 294 g/mol. The van der Waals surface area contributed by atoms with Crippen LogP contribution in [0, 0.1) is 6.92 Å². The van der Waals surface area contributed by atoms with Gasteiger partial charge in [-0.2, -0.15) is 0 Å². The van der Waals surface area contributed by atoms with Crippen molar-refractivity contribution < 1.29 is 14.6 Å². The number of carboxylic acids is 1. The number of benzene rings is 1. The van der Waals surface area contributed by atoms with Crippen LogP contribution in [0.4, 0.5) is 0 Å². The largest absolute Gasteiger partial charge is 0.496 e.